The summed E-state index contributed by atoms with van der Waals surface area (Å²) in [5.41, 5.74) is 1.74. The fraction of sp³-hybridized carbons (Fsp3) is 0.217. The quantitative estimate of drug-likeness (QED) is 0.638. The minimum absolute atomic E-state index is 0.0186. The van der Waals surface area contributed by atoms with Crippen molar-refractivity contribution in [2.45, 2.75) is 32.9 Å². The molecule has 150 valence electrons. The van der Waals surface area contributed by atoms with Gasteiger partial charge in [-0.3, -0.25) is 9.59 Å². The van der Waals surface area contributed by atoms with E-state index in [1.165, 1.54) is 34.9 Å². The van der Waals surface area contributed by atoms with Crippen molar-refractivity contribution in [3.05, 3.63) is 93.9 Å². The largest absolute Gasteiger partial charge is 0.348 e. The van der Waals surface area contributed by atoms with E-state index in [2.05, 4.69) is 5.32 Å². The van der Waals surface area contributed by atoms with Crippen molar-refractivity contribution >= 4 is 5.91 Å². The van der Waals surface area contributed by atoms with E-state index in [9.17, 15) is 18.4 Å². The molecular weight excluding hydrogens is 374 g/mol. The summed E-state index contributed by atoms with van der Waals surface area (Å²) < 4.78 is 27.8. The Morgan fingerprint density at radius 1 is 0.966 bits per heavy atom. The van der Waals surface area contributed by atoms with Crippen LogP contribution in [0, 0.1) is 11.6 Å². The number of benzene rings is 2. The van der Waals surface area contributed by atoms with E-state index >= 15 is 0 Å². The maximum absolute atomic E-state index is 13.3. The van der Waals surface area contributed by atoms with E-state index in [1.54, 1.807) is 30.5 Å². The Kier molecular flexibility index (Phi) is 6.54. The molecule has 0 unspecified atom stereocenters. The van der Waals surface area contributed by atoms with Crippen LogP contribution in [0.25, 0.3) is 11.1 Å². The summed E-state index contributed by atoms with van der Waals surface area (Å²) in [7, 11) is 0. The van der Waals surface area contributed by atoms with E-state index in [-0.39, 0.29) is 29.3 Å². The molecule has 0 atom stereocenters. The Labute approximate surface area is 167 Å². The molecule has 0 spiro atoms. The Morgan fingerprint density at radius 3 is 2.21 bits per heavy atom. The fourth-order valence-electron chi connectivity index (χ4n) is 2.97. The molecule has 4 nitrogen and oxygen atoms in total. The zero-order valence-electron chi connectivity index (χ0n) is 16.1. The predicted molar refractivity (Wildman–Crippen MR) is 109 cm³/mol. The molecule has 29 heavy (non-hydrogen) atoms. The third-order valence-corrected chi connectivity index (χ3v) is 4.63. The van der Waals surface area contributed by atoms with Gasteiger partial charge in [0.15, 0.2) is 0 Å². The molecule has 1 N–H and O–H groups in total. The smallest absolute Gasteiger partial charge is 0.263 e. The average Bonchev–Trinajstić information content (AvgIpc) is 2.73. The Hall–Kier alpha value is -3.28. The van der Waals surface area contributed by atoms with Crippen molar-refractivity contribution in [2.75, 3.05) is 0 Å². The number of unbranched alkanes of at least 4 members (excludes halogenated alkanes) is 1. The number of halogens is 2. The van der Waals surface area contributed by atoms with Crippen molar-refractivity contribution in [3.63, 3.8) is 0 Å². The van der Waals surface area contributed by atoms with Crippen LogP contribution in [0.4, 0.5) is 8.78 Å². The molecule has 0 radical (unpaired) electrons. The lowest BCUT2D eigenvalue weighted by Crippen LogP contribution is -2.33. The van der Waals surface area contributed by atoms with Gasteiger partial charge in [-0.05, 0) is 53.4 Å². The normalized spacial score (nSPS) is 10.7. The van der Waals surface area contributed by atoms with Gasteiger partial charge in [0.25, 0.3) is 11.5 Å². The number of amides is 1. The molecule has 0 aliphatic heterocycles. The van der Waals surface area contributed by atoms with Gasteiger partial charge in [-0.15, -0.1) is 0 Å². The van der Waals surface area contributed by atoms with Crippen LogP contribution in [-0.4, -0.2) is 10.5 Å². The number of pyridine rings is 1. The molecule has 0 bridgehead atoms. The molecule has 3 aromatic rings. The molecule has 3 rings (SSSR count). The summed E-state index contributed by atoms with van der Waals surface area (Å²) in [6, 6.07) is 13.2. The number of aryl methyl sites for hydroxylation is 1. The molecule has 0 fully saturated rings. The molecule has 0 aliphatic rings. The summed E-state index contributed by atoms with van der Waals surface area (Å²) in [4.78, 5) is 25.5. The first-order chi connectivity index (χ1) is 14.0. The lowest BCUT2D eigenvalue weighted by atomic mass is 10.0. The molecule has 0 saturated carbocycles. The summed E-state index contributed by atoms with van der Waals surface area (Å²) in [5, 5.41) is 2.71. The number of carbonyl (C=O) groups is 1. The zero-order chi connectivity index (χ0) is 20.8. The van der Waals surface area contributed by atoms with Gasteiger partial charge in [-0.25, -0.2) is 8.78 Å². The first-order valence-electron chi connectivity index (χ1n) is 9.51. The van der Waals surface area contributed by atoms with Crippen LogP contribution in [0.2, 0.25) is 0 Å². The SMILES string of the molecule is CCCCn1cc(-c2ccc(F)cc2)cc(C(=O)NCc2ccc(F)cc2)c1=O. The Bertz CT molecular complexity index is 1040. The average molecular weight is 396 g/mol. The van der Waals surface area contributed by atoms with Gasteiger partial charge in [0.1, 0.15) is 17.2 Å². The molecular formula is C23H22F2N2O2. The maximum Gasteiger partial charge on any atom is 0.263 e. The molecule has 1 amide bonds. The molecule has 6 heteroatoms. The summed E-state index contributed by atoms with van der Waals surface area (Å²) in [6.07, 6.45) is 3.39. The van der Waals surface area contributed by atoms with Crippen molar-refractivity contribution in [1.82, 2.24) is 9.88 Å². The van der Waals surface area contributed by atoms with Crippen LogP contribution >= 0.6 is 0 Å². The minimum Gasteiger partial charge on any atom is -0.348 e. The standard InChI is InChI=1S/C23H22F2N2O2/c1-2-3-12-27-15-18(17-6-10-20(25)11-7-17)13-21(23(27)29)22(28)26-14-16-4-8-19(24)9-5-16/h4-11,13,15H,2-3,12,14H2,1H3,(H,26,28). The molecule has 0 saturated heterocycles. The first-order valence-corrected chi connectivity index (χ1v) is 9.51. The number of rotatable bonds is 7. The molecule has 0 aliphatic carbocycles. The van der Waals surface area contributed by atoms with Crippen molar-refractivity contribution < 1.29 is 13.6 Å². The van der Waals surface area contributed by atoms with Gasteiger partial charge in [0.2, 0.25) is 0 Å². The Morgan fingerprint density at radius 2 is 1.59 bits per heavy atom. The maximum atomic E-state index is 13.3. The van der Waals surface area contributed by atoms with Gasteiger partial charge in [-0.1, -0.05) is 37.6 Å². The van der Waals surface area contributed by atoms with Gasteiger partial charge in [-0.2, -0.15) is 0 Å². The fourth-order valence-corrected chi connectivity index (χ4v) is 2.97. The lowest BCUT2D eigenvalue weighted by Gasteiger charge is -2.12. The summed E-state index contributed by atoms with van der Waals surface area (Å²) in [6.45, 7) is 2.68. The van der Waals surface area contributed by atoms with Crippen molar-refractivity contribution in [1.29, 1.82) is 0 Å². The van der Waals surface area contributed by atoms with Crippen LogP contribution < -0.4 is 10.9 Å². The third kappa shape index (κ3) is 5.16. The molecule has 1 heterocycles. The number of hydrogen-bond acceptors (Lipinski definition) is 2. The number of hydrogen-bond donors (Lipinski definition) is 1. The number of nitrogens with zero attached hydrogens (tertiary/aromatic N) is 1. The van der Waals surface area contributed by atoms with Crippen LogP contribution in [0.5, 0.6) is 0 Å². The van der Waals surface area contributed by atoms with Gasteiger partial charge >= 0.3 is 0 Å². The number of carbonyl (C=O) groups excluding carboxylic acids is 1. The predicted octanol–water partition coefficient (Wildman–Crippen LogP) is 4.52. The van der Waals surface area contributed by atoms with E-state index in [1.807, 2.05) is 6.92 Å². The highest BCUT2D eigenvalue weighted by atomic mass is 19.1. The summed E-state index contributed by atoms with van der Waals surface area (Å²) in [5.74, 6) is -1.22. The topological polar surface area (TPSA) is 51.1 Å². The first kappa shape index (κ1) is 20.5. The zero-order valence-corrected chi connectivity index (χ0v) is 16.1. The molecule has 1 aromatic heterocycles. The van der Waals surface area contributed by atoms with Crippen LogP contribution in [0.1, 0.15) is 35.7 Å². The monoisotopic (exact) mass is 396 g/mol. The van der Waals surface area contributed by atoms with Crippen LogP contribution in [0.3, 0.4) is 0 Å². The van der Waals surface area contributed by atoms with Gasteiger partial charge in [0, 0.05) is 19.3 Å². The highest BCUT2D eigenvalue weighted by Gasteiger charge is 2.15. The van der Waals surface area contributed by atoms with E-state index in [0.29, 0.717) is 17.7 Å². The highest BCUT2D eigenvalue weighted by Crippen LogP contribution is 2.20. The number of aromatic nitrogens is 1. The Balaban J connectivity index is 1.91. The van der Waals surface area contributed by atoms with Gasteiger partial charge < -0.3 is 9.88 Å². The van der Waals surface area contributed by atoms with E-state index in [0.717, 1.165) is 18.4 Å². The second-order valence-corrected chi connectivity index (χ2v) is 6.81. The van der Waals surface area contributed by atoms with Crippen molar-refractivity contribution in [2.24, 2.45) is 0 Å². The van der Waals surface area contributed by atoms with Gasteiger partial charge in [0.05, 0.1) is 0 Å². The second-order valence-electron chi connectivity index (χ2n) is 6.81. The van der Waals surface area contributed by atoms with Crippen LogP contribution in [-0.2, 0) is 13.1 Å². The lowest BCUT2D eigenvalue weighted by molar-refractivity contribution is 0.0948. The van der Waals surface area contributed by atoms with E-state index in [4.69, 9.17) is 0 Å². The van der Waals surface area contributed by atoms with Crippen LogP contribution in [0.15, 0.2) is 65.6 Å². The third-order valence-electron chi connectivity index (χ3n) is 4.63. The highest BCUT2D eigenvalue weighted by molar-refractivity contribution is 5.95. The van der Waals surface area contributed by atoms with Crippen molar-refractivity contribution in [3.8, 4) is 11.1 Å². The van der Waals surface area contributed by atoms with E-state index < -0.39 is 5.91 Å². The molecule has 2 aromatic carbocycles. The second kappa shape index (κ2) is 9.28. The minimum atomic E-state index is -0.506. The number of nitrogens with one attached hydrogen (secondary N) is 1. The summed E-state index contributed by atoms with van der Waals surface area (Å²) >= 11 is 0.